The van der Waals surface area contributed by atoms with E-state index in [1.807, 2.05) is 41.8 Å². The highest BCUT2D eigenvalue weighted by molar-refractivity contribution is 6.06. The molecule has 3 aromatic heterocycles. The van der Waals surface area contributed by atoms with Crippen LogP contribution in [0.4, 0.5) is 0 Å². The maximum atomic E-state index is 13.6. The number of carbonyl (C=O) groups is 2. The van der Waals surface area contributed by atoms with Crippen LogP contribution >= 0.6 is 0 Å². The molecule has 31 heavy (non-hydrogen) atoms. The van der Waals surface area contributed by atoms with Crippen molar-refractivity contribution >= 4 is 22.9 Å². The fourth-order valence-electron chi connectivity index (χ4n) is 4.73. The van der Waals surface area contributed by atoms with E-state index in [1.54, 1.807) is 10.7 Å². The first-order chi connectivity index (χ1) is 15.0. The summed E-state index contributed by atoms with van der Waals surface area (Å²) < 4.78 is 8.65. The third kappa shape index (κ3) is 3.40. The van der Waals surface area contributed by atoms with Gasteiger partial charge in [-0.1, -0.05) is 0 Å². The minimum absolute atomic E-state index is 0.0459. The van der Waals surface area contributed by atoms with Gasteiger partial charge in [0.2, 0.25) is 0 Å². The fourth-order valence-corrected chi connectivity index (χ4v) is 4.73. The van der Waals surface area contributed by atoms with Gasteiger partial charge in [0.05, 0.1) is 23.8 Å². The highest BCUT2D eigenvalue weighted by Crippen LogP contribution is 2.40. The zero-order valence-electron chi connectivity index (χ0n) is 18.2. The summed E-state index contributed by atoms with van der Waals surface area (Å²) in [5.74, 6) is 0.175. The minimum atomic E-state index is -0.331. The lowest BCUT2D eigenvalue weighted by Gasteiger charge is -2.33. The van der Waals surface area contributed by atoms with Gasteiger partial charge in [-0.2, -0.15) is 5.10 Å². The summed E-state index contributed by atoms with van der Waals surface area (Å²) in [6.45, 7) is 3.22. The SMILES string of the molecule is COC(=O)c1cccn1C1CCN(C(=O)c2cc(C3CC3)nc3c2c(C)nn3C)CC1. The van der Waals surface area contributed by atoms with Gasteiger partial charge < -0.3 is 14.2 Å². The molecule has 0 aromatic carbocycles. The molecule has 2 fully saturated rings. The van der Waals surface area contributed by atoms with Crippen LogP contribution in [0.5, 0.6) is 0 Å². The lowest BCUT2D eigenvalue weighted by atomic mass is 10.0. The van der Waals surface area contributed by atoms with E-state index >= 15 is 0 Å². The maximum absolute atomic E-state index is 13.6. The molecule has 0 radical (unpaired) electrons. The second-order valence-corrected chi connectivity index (χ2v) is 8.59. The Bertz CT molecular complexity index is 1170. The molecule has 0 atom stereocenters. The smallest absolute Gasteiger partial charge is 0.354 e. The number of nitrogens with zero attached hydrogens (tertiary/aromatic N) is 5. The van der Waals surface area contributed by atoms with Gasteiger partial charge in [-0.05, 0) is 50.8 Å². The Morgan fingerprint density at radius 2 is 1.90 bits per heavy atom. The van der Waals surface area contributed by atoms with Crippen LogP contribution in [0.3, 0.4) is 0 Å². The number of rotatable bonds is 4. The number of amides is 1. The molecule has 1 saturated carbocycles. The maximum Gasteiger partial charge on any atom is 0.354 e. The van der Waals surface area contributed by atoms with Gasteiger partial charge in [0.15, 0.2) is 5.65 Å². The quantitative estimate of drug-likeness (QED) is 0.604. The standard InChI is InChI=1S/C23H27N5O3/c1-14-20-17(13-18(15-6-7-15)24-21(20)26(2)25-14)22(29)27-11-8-16(9-12-27)28-10-4-5-19(28)23(30)31-3/h4-5,10,13,15-16H,6-9,11-12H2,1-3H3. The molecule has 1 amide bonds. The molecule has 1 aliphatic carbocycles. The Kier molecular flexibility index (Phi) is 4.79. The van der Waals surface area contributed by atoms with Crippen LogP contribution in [0.2, 0.25) is 0 Å². The summed E-state index contributed by atoms with van der Waals surface area (Å²) in [6.07, 6.45) is 5.77. The fraction of sp³-hybridized carbons (Fsp3) is 0.478. The van der Waals surface area contributed by atoms with E-state index in [4.69, 9.17) is 9.72 Å². The first kappa shape index (κ1) is 19.8. The average molecular weight is 422 g/mol. The van der Waals surface area contributed by atoms with Crippen molar-refractivity contribution in [3.63, 3.8) is 0 Å². The van der Waals surface area contributed by atoms with Crippen molar-refractivity contribution in [3.8, 4) is 0 Å². The predicted molar refractivity (Wildman–Crippen MR) is 115 cm³/mol. The van der Waals surface area contributed by atoms with Crippen LogP contribution in [0.25, 0.3) is 11.0 Å². The van der Waals surface area contributed by atoms with E-state index in [1.165, 1.54) is 7.11 Å². The molecule has 4 heterocycles. The number of piperidine rings is 1. The zero-order chi connectivity index (χ0) is 21.7. The Hall–Kier alpha value is -3.16. The molecular weight excluding hydrogens is 394 g/mol. The molecule has 3 aromatic rings. The van der Waals surface area contributed by atoms with Gasteiger partial charge in [-0.25, -0.2) is 9.78 Å². The Balaban J connectivity index is 1.40. The number of ether oxygens (including phenoxy) is 1. The largest absolute Gasteiger partial charge is 0.464 e. The summed E-state index contributed by atoms with van der Waals surface area (Å²) in [5, 5.41) is 5.37. The van der Waals surface area contributed by atoms with Crippen LogP contribution in [-0.2, 0) is 11.8 Å². The van der Waals surface area contributed by atoms with Gasteiger partial charge >= 0.3 is 5.97 Å². The molecule has 2 aliphatic rings. The van der Waals surface area contributed by atoms with E-state index in [-0.39, 0.29) is 17.9 Å². The van der Waals surface area contributed by atoms with E-state index in [0.29, 0.717) is 30.3 Å². The summed E-state index contributed by atoms with van der Waals surface area (Å²) in [7, 11) is 3.28. The zero-order valence-corrected chi connectivity index (χ0v) is 18.2. The van der Waals surface area contributed by atoms with Gasteiger partial charge in [-0.3, -0.25) is 9.48 Å². The third-order valence-electron chi connectivity index (χ3n) is 6.53. The van der Waals surface area contributed by atoms with Gasteiger partial charge in [0.1, 0.15) is 5.69 Å². The second kappa shape index (κ2) is 7.51. The Morgan fingerprint density at radius 3 is 2.58 bits per heavy atom. The van der Waals surface area contributed by atoms with Crippen LogP contribution < -0.4 is 0 Å². The van der Waals surface area contributed by atoms with Gasteiger partial charge in [0, 0.05) is 44.0 Å². The topological polar surface area (TPSA) is 82.2 Å². The number of esters is 1. The Morgan fingerprint density at radius 1 is 1.16 bits per heavy atom. The predicted octanol–water partition coefficient (Wildman–Crippen LogP) is 3.22. The van der Waals surface area contributed by atoms with Gasteiger partial charge in [0.25, 0.3) is 5.91 Å². The summed E-state index contributed by atoms with van der Waals surface area (Å²) >= 11 is 0. The molecule has 1 aliphatic heterocycles. The highest BCUT2D eigenvalue weighted by atomic mass is 16.5. The average Bonchev–Trinajstić information content (AvgIpc) is 3.45. The van der Waals surface area contributed by atoms with Gasteiger partial charge in [-0.15, -0.1) is 0 Å². The number of aromatic nitrogens is 4. The first-order valence-corrected chi connectivity index (χ1v) is 10.9. The Labute approximate surface area is 180 Å². The van der Waals surface area contributed by atoms with Crippen molar-refractivity contribution in [1.82, 2.24) is 24.2 Å². The van der Waals surface area contributed by atoms with E-state index in [9.17, 15) is 9.59 Å². The number of carbonyl (C=O) groups excluding carboxylic acids is 2. The molecule has 0 spiro atoms. The van der Waals surface area contributed by atoms with Crippen LogP contribution in [-0.4, -0.2) is 56.3 Å². The number of methoxy groups -OCH3 is 1. The van der Waals surface area contributed by atoms with Crippen LogP contribution in [0.1, 0.15) is 69.9 Å². The van der Waals surface area contributed by atoms with Crippen molar-refractivity contribution < 1.29 is 14.3 Å². The third-order valence-corrected chi connectivity index (χ3v) is 6.53. The molecule has 0 N–H and O–H groups in total. The number of likely N-dealkylation sites (tertiary alicyclic amines) is 1. The summed E-state index contributed by atoms with van der Waals surface area (Å²) in [6, 6.07) is 5.81. The van der Waals surface area contributed by atoms with Crippen molar-refractivity contribution in [3.05, 3.63) is 47.0 Å². The number of hydrogen-bond acceptors (Lipinski definition) is 5. The lowest BCUT2D eigenvalue weighted by molar-refractivity contribution is 0.0573. The van der Waals surface area contributed by atoms with Crippen molar-refractivity contribution in [1.29, 1.82) is 0 Å². The normalized spacial score (nSPS) is 17.3. The minimum Gasteiger partial charge on any atom is -0.464 e. The molecule has 5 rings (SSSR count). The molecule has 162 valence electrons. The highest BCUT2D eigenvalue weighted by Gasteiger charge is 2.31. The summed E-state index contributed by atoms with van der Waals surface area (Å²) in [5.41, 5.74) is 3.90. The lowest BCUT2D eigenvalue weighted by Crippen LogP contribution is -2.39. The molecule has 8 nitrogen and oxygen atoms in total. The molecule has 0 unspecified atom stereocenters. The van der Waals surface area contributed by atoms with Crippen molar-refractivity contribution in [2.45, 2.75) is 44.6 Å². The van der Waals surface area contributed by atoms with E-state index in [2.05, 4.69) is 5.10 Å². The number of aryl methyl sites for hydroxylation is 2. The van der Waals surface area contributed by atoms with Crippen molar-refractivity contribution in [2.24, 2.45) is 7.05 Å². The summed E-state index contributed by atoms with van der Waals surface area (Å²) in [4.78, 5) is 32.3. The number of pyridine rings is 1. The number of hydrogen-bond donors (Lipinski definition) is 0. The van der Waals surface area contributed by atoms with E-state index in [0.717, 1.165) is 48.1 Å². The molecular formula is C23H27N5O3. The second-order valence-electron chi connectivity index (χ2n) is 8.59. The van der Waals surface area contributed by atoms with Crippen molar-refractivity contribution in [2.75, 3.05) is 20.2 Å². The monoisotopic (exact) mass is 421 g/mol. The van der Waals surface area contributed by atoms with E-state index < -0.39 is 0 Å². The first-order valence-electron chi connectivity index (χ1n) is 10.9. The van der Waals surface area contributed by atoms with Crippen LogP contribution in [0.15, 0.2) is 24.4 Å². The van der Waals surface area contributed by atoms with Crippen LogP contribution in [0, 0.1) is 6.92 Å². The molecule has 1 saturated heterocycles. The molecule has 0 bridgehead atoms. The number of fused-ring (bicyclic) bond motifs is 1. The molecule has 8 heteroatoms.